The van der Waals surface area contributed by atoms with Gasteiger partial charge in [0.05, 0.1) is 6.21 Å². The average molecular weight is 306 g/mol. The minimum absolute atomic E-state index is 0.283. The summed E-state index contributed by atoms with van der Waals surface area (Å²) in [6.45, 7) is 0. The normalized spacial score (nSPS) is 11.5. The van der Waals surface area contributed by atoms with E-state index in [1.807, 2.05) is 24.3 Å². The van der Waals surface area contributed by atoms with Gasteiger partial charge in [0.15, 0.2) is 11.4 Å². The molecule has 0 atom stereocenters. The molecule has 0 aliphatic heterocycles. The summed E-state index contributed by atoms with van der Waals surface area (Å²) in [5.41, 5.74) is 5.64. The van der Waals surface area contributed by atoms with Crippen molar-refractivity contribution in [1.82, 2.24) is 9.97 Å². The second kappa shape index (κ2) is 5.49. The predicted molar refractivity (Wildman–Crippen MR) is 86.9 cm³/mol. The molecule has 0 aliphatic carbocycles. The van der Waals surface area contributed by atoms with E-state index in [0.717, 1.165) is 22.0 Å². The van der Waals surface area contributed by atoms with Gasteiger partial charge >= 0.3 is 0 Å². The monoisotopic (exact) mass is 306 g/mol. The smallest absolute Gasteiger partial charge is 0.197 e. The highest BCUT2D eigenvalue weighted by atomic mass is 19.1. The summed E-state index contributed by atoms with van der Waals surface area (Å²) in [4.78, 5) is 8.43. The van der Waals surface area contributed by atoms with Gasteiger partial charge in [-0.15, -0.1) is 0 Å². The molecule has 0 radical (unpaired) electrons. The molecular weight excluding hydrogens is 295 g/mol. The second-order valence-corrected chi connectivity index (χ2v) is 4.92. The fraction of sp³-hybridized carbons (Fsp3) is 0. The van der Waals surface area contributed by atoms with Crippen molar-refractivity contribution in [3.8, 4) is 0 Å². The molecule has 1 N–H and O–H groups in total. The lowest BCUT2D eigenvalue weighted by Crippen LogP contribution is -1.94. The third-order valence-corrected chi connectivity index (χ3v) is 3.41. The summed E-state index contributed by atoms with van der Waals surface area (Å²) >= 11 is 0. The highest BCUT2D eigenvalue weighted by molar-refractivity contribution is 6.05. The van der Waals surface area contributed by atoms with Gasteiger partial charge in [0.1, 0.15) is 23.2 Å². The summed E-state index contributed by atoms with van der Waals surface area (Å²) < 4.78 is 18.7. The topological polar surface area (TPSA) is 63.3 Å². The number of hydrogen-bond acceptors (Lipinski definition) is 5. The van der Waals surface area contributed by atoms with Gasteiger partial charge in [-0.1, -0.05) is 24.3 Å². The number of rotatable bonds is 3. The zero-order valence-electron chi connectivity index (χ0n) is 11.9. The van der Waals surface area contributed by atoms with Crippen LogP contribution in [-0.2, 0) is 0 Å². The van der Waals surface area contributed by atoms with Crippen LogP contribution in [0.4, 0.5) is 10.2 Å². The predicted octanol–water partition coefficient (Wildman–Crippen LogP) is 3.96. The van der Waals surface area contributed by atoms with E-state index in [-0.39, 0.29) is 5.82 Å². The third kappa shape index (κ3) is 2.50. The number of anilines is 1. The first-order chi connectivity index (χ1) is 11.3. The number of hydrazone groups is 1. The Bertz CT molecular complexity index is 1010. The van der Waals surface area contributed by atoms with E-state index < -0.39 is 0 Å². The maximum absolute atomic E-state index is 12.9. The summed E-state index contributed by atoms with van der Waals surface area (Å²) in [6, 6.07) is 13.7. The molecule has 4 aromatic rings. The number of nitrogens with zero attached hydrogens (tertiary/aromatic N) is 3. The van der Waals surface area contributed by atoms with Crippen LogP contribution in [0.15, 0.2) is 64.4 Å². The molecule has 23 heavy (non-hydrogen) atoms. The van der Waals surface area contributed by atoms with Crippen LogP contribution in [0.1, 0.15) is 5.56 Å². The van der Waals surface area contributed by atoms with Gasteiger partial charge in [0.2, 0.25) is 0 Å². The standard InChI is InChI=1S/C17H11FN4O/c18-12-7-5-11(6-8-12)9-21-22-17-16-15(19-10-20-17)13-3-1-2-4-14(13)23-16/h1-10H,(H,19,20,22)/b21-9-. The molecule has 0 unspecified atom stereocenters. The van der Waals surface area contributed by atoms with Gasteiger partial charge < -0.3 is 4.42 Å². The zero-order chi connectivity index (χ0) is 15.6. The number of benzene rings is 2. The molecule has 0 fully saturated rings. The molecular formula is C17H11FN4O. The van der Waals surface area contributed by atoms with Crippen molar-refractivity contribution in [3.63, 3.8) is 0 Å². The van der Waals surface area contributed by atoms with Gasteiger partial charge in [-0.05, 0) is 29.8 Å². The first-order valence-corrected chi connectivity index (χ1v) is 6.98. The fourth-order valence-corrected chi connectivity index (χ4v) is 2.32. The zero-order valence-corrected chi connectivity index (χ0v) is 11.9. The van der Waals surface area contributed by atoms with Crippen LogP contribution >= 0.6 is 0 Å². The van der Waals surface area contributed by atoms with E-state index in [1.165, 1.54) is 18.5 Å². The molecule has 6 heteroatoms. The molecule has 0 bridgehead atoms. The van der Waals surface area contributed by atoms with Crippen molar-refractivity contribution in [2.24, 2.45) is 5.10 Å². The Labute approximate surface area is 130 Å². The number of furan rings is 1. The molecule has 0 saturated carbocycles. The first kappa shape index (κ1) is 13.4. The Kier molecular flexibility index (Phi) is 3.20. The Morgan fingerprint density at radius 3 is 2.74 bits per heavy atom. The van der Waals surface area contributed by atoms with Crippen molar-refractivity contribution in [2.45, 2.75) is 0 Å². The summed E-state index contributed by atoms with van der Waals surface area (Å²) in [7, 11) is 0. The van der Waals surface area contributed by atoms with Crippen molar-refractivity contribution < 1.29 is 8.81 Å². The first-order valence-electron chi connectivity index (χ1n) is 6.98. The largest absolute Gasteiger partial charge is 0.450 e. The number of halogens is 1. The molecule has 2 aromatic heterocycles. The average Bonchev–Trinajstić information content (AvgIpc) is 2.96. The van der Waals surface area contributed by atoms with Gasteiger partial charge in [0, 0.05) is 5.39 Å². The molecule has 5 nitrogen and oxygen atoms in total. The van der Waals surface area contributed by atoms with E-state index >= 15 is 0 Å². The molecule has 4 rings (SSSR count). The molecule has 112 valence electrons. The molecule has 2 aromatic carbocycles. The molecule has 0 amide bonds. The van der Waals surface area contributed by atoms with Gasteiger partial charge in [-0.3, -0.25) is 5.43 Å². The van der Waals surface area contributed by atoms with E-state index in [4.69, 9.17) is 4.42 Å². The van der Waals surface area contributed by atoms with Gasteiger partial charge in [0.25, 0.3) is 0 Å². The van der Waals surface area contributed by atoms with E-state index in [0.29, 0.717) is 11.4 Å². The summed E-state index contributed by atoms with van der Waals surface area (Å²) in [5.74, 6) is 0.194. The van der Waals surface area contributed by atoms with E-state index in [9.17, 15) is 4.39 Å². The SMILES string of the molecule is Fc1ccc(/C=N\Nc2ncnc3c2oc2ccccc23)cc1. The van der Waals surface area contributed by atoms with Gasteiger partial charge in [-0.2, -0.15) is 5.10 Å². The lowest BCUT2D eigenvalue weighted by atomic mass is 10.2. The van der Waals surface area contributed by atoms with Crippen LogP contribution < -0.4 is 5.43 Å². The van der Waals surface area contributed by atoms with Crippen LogP contribution in [0.5, 0.6) is 0 Å². The quantitative estimate of drug-likeness (QED) is 0.459. The molecule has 2 heterocycles. The van der Waals surface area contributed by atoms with Crippen molar-refractivity contribution in [2.75, 3.05) is 5.43 Å². The van der Waals surface area contributed by atoms with E-state index in [2.05, 4.69) is 20.5 Å². The highest BCUT2D eigenvalue weighted by Crippen LogP contribution is 2.30. The van der Waals surface area contributed by atoms with Crippen molar-refractivity contribution in [1.29, 1.82) is 0 Å². The van der Waals surface area contributed by atoms with Crippen molar-refractivity contribution in [3.05, 3.63) is 66.2 Å². The fourth-order valence-electron chi connectivity index (χ4n) is 2.32. The highest BCUT2D eigenvalue weighted by Gasteiger charge is 2.11. The maximum Gasteiger partial charge on any atom is 0.197 e. The molecule has 0 spiro atoms. The van der Waals surface area contributed by atoms with Crippen LogP contribution in [0, 0.1) is 5.82 Å². The summed E-state index contributed by atoms with van der Waals surface area (Å²) in [5, 5.41) is 5.04. The van der Waals surface area contributed by atoms with Crippen molar-refractivity contribution >= 4 is 34.1 Å². The Balaban J connectivity index is 1.67. The second-order valence-electron chi connectivity index (χ2n) is 4.92. The lowest BCUT2D eigenvalue weighted by molar-refractivity contribution is 0.628. The van der Waals surface area contributed by atoms with Crippen LogP contribution in [0.3, 0.4) is 0 Å². The summed E-state index contributed by atoms with van der Waals surface area (Å²) in [6.07, 6.45) is 3.04. The molecule has 0 aliphatic rings. The third-order valence-electron chi connectivity index (χ3n) is 3.41. The number of hydrogen-bond donors (Lipinski definition) is 1. The minimum Gasteiger partial charge on any atom is -0.450 e. The number of aromatic nitrogens is 2. The maximum atomic E-state index is 12.9. The Morgan fingerprint density at radius 1 is 1.04 bits per heavy atom. The Hall–Kier alpha value is -3.28. The van der Waals surface area contributed by atoms with Gasteiger partial charge in [-0.25, -0.2) is 14.4 Å². The number of nitrogens with one attached hydrogen (secondary N) is 1. The minimum atomic E-state index is -0.283. The molecule has 0 saturated heterocycles. The van der Waals surface area contributed by atoms with Crippen LogP contribution in [-0.4, -0.2) is 16.2 Å². The van der Waals surface area contributed by atoms with E-state index in [1.54, 1.807) is 18.3 Å². The number of fused-ring (bicyclic) bond motifs is 3. The Morgan fingerprint density at radius 2 is 1.87 bits per heavy atom. The number of para-hydroxylation sites is 1. The van der Waals surface area contributed by atoms with Crippen LogP contribution in [0.25, 0.3) is 22.1 Å². The lowest BCUT2D eigenvalue weighted by Gasteiger charge is -1.99. The van der Waals surface area contributed by atoms with Crippen LogP contribution in [0.2, 0.25) is 0 Å².